The van der Waals surface area contributed by atoms with Crippen molar-refractivity contribution in [2.45, 2.75) is 19.7 Å². The van der Waals surface area contributed by atoms with Crippen LogP contribution < -0.4 is 10.6 Å². The van der Waals surface area contributed by atoms with Crippen LogP contribution in [-0.4, -0.2) is 32.0 Å². The number of dihydropyridines is 1. The van der Waals surface area contributed by atoms with Gasteiger partial charge in [-0.3, -0.25) is 9.48 Å². The third kappa shape index (κ3) is 3.93. The van der Waals surface area contributed by atoms with E-state index in [4.69, 9.17) is 0 Å². The fourth-order valence-electron chi connectivity index (χ4n) is 3.88. The minimum atomic E-state index is -0.909. The zero-order valence-corrected chi connectivity index (χ0v) is 17.5. The predicted octanol–water partition coefficient (Wildman–Crippen LogP) is 3.63. The average Bonchev–Trinajstić information content (AvgIpc) is 3.41. The minimum Gasteiger partial charge on any atom is -0.369 e. The first-order chi connectivity index (χ1) is 15.6. The number of aromatic amines is 1. The topological polar surface area (TPSA) is 95.0 Å². The number of nitrogens with zero attached hydrogens (tertiary/aromatic N) is 2. The molecule has 32 heavy (non-hydrogen) atoms. The summed E-state index contributed by atoms with van der Waals surface area (Å²) in [4.78, 5) is 16.3. The lowest BCUT2D eigenvalue weighted by Gasteiger charge is -2.24. The van der Waals surface area contributed by atoms with E-state index in [1.807, 2.05) is 60.7 Å². The molecular formula is C25H23N5O2. The van der Waals surface area contributed by atoms with Gasteiger partial charge in [0.25, 0.3) is 5.91 Å². The predicted molar refractivity (Wildman–Crippen MR) is 125 cm³/mol. The molecule has 2 aromatic carbocycles. The van der Waals surface area contributed by atoms with E-state index in [1.165, 1.54) is 0 Å². The molecule has 7 nitrogen and oxygen atoms in total. The van der Waals surface area contributed by atoms with E-state index in [9.17, 15) is 9.90 Å². The summed E-state index contributed by atoms with van der Waals surface area (Å²) in [6.07, 6.45) is 4.25. The lowest BCUT2D eigenvalue weighted by molar-refractivity contribution is -0.112. The summed E-state index contributed by atoms with van der Waals surface area (Å²) in [6, 6.07) is 19.9. The van der Waals surface area contributed by atoms with Crippen molar-refractivity contribution in [2.75, 3.05) is 5.32 Å². The molecule has 1 unspecified atom stereocenters. The van der Waals surface area contributed by atoms with E-state index in [0.717, 1.165) is 22.2 Å². The Hall–Kier alpha value is -4.10. The molecule has 1 amide bonds. The largest absolute Gasteiger partial charge is 0.369 e. The number of anilines is 1. The van der Waals surface area contributed by atoms with Crippen LogP contribution in [-0.2, 0) is 11.3 Å². The van der Waals surface area contributed by atoms with E-state index in [-0.39, 0.29) is 5.91 Å². The molecule has 3 heterocycles. The van der Waals surface area contributed by atoms with Crippen molar-refractivity contribution in [1.29, 1.82) is 0 Å². The highest BCUT2D eigenvalue weighted by atomic mass is 16.3. The Balaban J connectivity index is 1.36. The Morgan fingerprint density at radius 1 is 1.16 bits per heavy atom. The lowest BCUT2D eigenvalue weighted by atomic mass is 10.0. The van der Waals surface area contributed by atoms with Crippen LogP contribution in [0.4, 0.5) is 5.69 Å². The van der Waals surface area contributed by atoms with Crippen LogP contribution in [0, 0.1) is 0 Å². The molecule has 1 aliphatic rings. The van der Waals surface area contributed by atoms with Crippen LogP contribution in [0.2, 0.25) is 0 Å². The number of nitrogens with one attached hydrogen (secondary N) is 3. The number of carbonyl (C=O) groups excluding carboxylic acids is 1. The standard InChI is InChI=1S/C25H23N5O2/c1-16-20(12-21(25(32)27-16)23-11-18-9-5-6-10-22(18)29-23)24(31)28-19-13-26-30(15-19)14-17-7-3-2-4-8-17/h2-13,15,25,27,29,32H,14H2,1H3,(H,28,31). The first-order valence-corrected chi connectivity index (χ1v) is 10.4. The molecule has 160 valence electrons. The Morgan fingerprint density at radius 2 is 1.94 bits per heavy atom. The maximum absolute atomic E-state index is 13.0. The minimum absolute atomic E-state index is 0.269. The van der Waals surface area contributed by atoms with Crippen molar-refractivity contribution in [2.24, 2.45) is 0 Å². The highest BCUT2D eigenvalue weighted by Crippen LogP contribution is 2.28. The Morgan fingerprint density at radius 3 is 2.75 bits per heavy atom. The summed E-state index contributed by atoms with van der Waals surface area (Å²) in [6.45, 7) is 2.39. The van der Waals surface area contributed by atoms with E-state index in [1.54, 1.807) is 30.1 Å². The molecule has 5 rings (SSSR count). The lowest BCUT2D eigenvalue weighted by Crippen LogP contribution is -2.34. The molecule has 2 aromatic heterocycles. The van der Waals surface area contributed by atoms with Gasteiger partial charge in [0.1, 0.15) is 0 Å². The van der Waals surface area contributed by atoms with Crippen LogP contribution in [0.3, 0.4) is 0 Å². The molecule has 4 N–H and O–H groups in total. The van der Waals surface area contributed by atoms with Crippen LogP contribution in [0.25, 0.3) is 16.5 Å². The number of hydrogen-bond donors (Lipinski definition) is 4. The Kier molecular flexibility index (Phi) is 5.09. The second-order valence-electron chi connectivity index (χ2n) is 7.82. The quantitative estimate of drug-likeness (QED) is 0.393. The third-order valence-corrected chi connectivity index (χ3v) is 5.52. The summed E-state index contributed by atoms with van der Waals surface area (Å²) < 4.78 is 1.78. The van der Waals surface area contributed by atoms with Crippen molar-refractivity contribution >= 4 is 28.1 Å². The number of aliphatic hydroxyl groups excluding tert-OH is 1. The first-order valence-electron chi connectivity index (χ1n) is 10.4. The zero-order chi connectivity index (χ0) is 22.1. The van der Waals surface area contributed by atoms with Gasteiger partial charge in [-0.1, -0.05) is 48.5 Å². The summed E-state index contributed by atoms with van der Waals surface area (Å²) in [7, 11) is 0. The van der Waals surface area contributed by atoms with Crippen molar-refractivity contribution in [3.05, 3.63) is 102 Å². The molecule has 1 aliphatic heterocycles. The smallest absolute Gasteiger partial charge is 0.257 e. The van der Waals surface area contributed by atoms with Gasteiger partial charge in [0.2, 0.25) is 0 Å². The van der Waals surface area contributed by atoms with Gasteiger partial charge in [-0.2, -0.15) is 5.10 Å². The number of benzene rings is 2. The fourth-order valence-corrected chi connectivity index (χ4v) is 3.88. The van der Waals surface area contributed by atoms with Gasteiger partial charge in [0.05, 0.1) is 24.0 Å². The second-order valence-corrected chi connectivity index (χ2v) is 7.82. The number of amides is 1. The van der Waals surface area contributed by atoms with Crippen LogP contribution in [0.15, 0.2) is 90.4 Å². The number of para-hydroxylation sites is 1. The summed E-state index contributed by atoms with van der Waals surface area (Å²) in [5.74, 6) is -0.269. The number of hydrogen-bond acceptors (Lipinski definition) is 4. The number of aromatic nitrogens is 3. The van der Waals surface area contributed by atoms with E-state index < -0.39 is 6.23 Å². The molecule has 1 atom stereocenters. The molecule has 0 bridgehead atoms. The van der Waals surface area contributed by atoms with Gasteiger partial charge in [-0.15, -0.1) is 0 Å². The van der Waals surface area contributed by atoms with Crippen LogP contribution in [0.1, 0.15) is 18.2 Å². The van der Waals surface area contributed by atoms with E-state index in [0.29, 0.717) is 29.1 Å². The van der Waals surface area contributed by atoms with Gasteiger partial charge in [-0.05, 0) is 36.1 Å². The molecule has 0 radical (unpaired) electrons. The van der Waals surface area contributed by atoms with Gasteiger partial charge < -0.3 is 20.7 Å². The Bertz CT molecular complexity index is 1310. The van der Waals surface area contributed by atoms with Crippen molar-refractivity contribution in [3.63, 3.8) is 0 Å². The summed E-state index contributed by atoms with van der Waals surface area (Å²) in [5, 5.41) is 21.8. The van der Waals surface area contributed by atoms with Crippen LogP contribution in [0.5, 0.6) is 0 Å². The molecule has 4 aromatic rings. The number of rotatable bonds is 5. The van der Waals surface area contributed by atoms with E-state index in [2.05, 4.69) is 20.7 Å². The highest BCUT2D eigenvalue weighted by molar-refractivity contribution is 6.08. The average molecular weight is 425 g/mol. The fraction of sp³-hybridized carbons (Fsp3) is 0.120. The molecule has 0 aliphatic carbocycles. The number of carbonyl (C=O) groups is 1. The first kappa shape index (κ1) is 19.8. The number of aliphatic hydroxyl groups is 1. The number of H-pyrrole nitrogens is 1. The monoisotopic (exact) mass is 425 g/mol. The van der Waals surface area contributed by atoms with Gasteiger partial charge in [0.15, 0.2) is 6.23 Å². The van der Waals surface area contributed by atoms with Gasteiger partial charge in [-0.25, -0.2) is 0 Å². The molecule has 0 saturated heterocycles. The molecule has 0 fully saturated rings. The number of allylic oxidation sites excluding steroid dienone is 1. The summed E-state index contributed by atoms with van der Waals surface area (Å²) in [5.41, 5.74) is 5.14. The maximum atomic E-state index is 13.0. The maximum Gasteiger partial charge on any atom is 0.257 e. The molecule has 0 spiro atoms. The van der Waals surface area contributed by atoms with E-state index >= 15 is 0 Å². The SMILES string of the molecule is CC1=C(C(=O)Nc2cnn(Cc3ccccc3)c2)C=C(c2cc3ccccc3[nH]2)C(O)N1. The second kappa shape index (κ2) is 8.20. The molecular weight excluding hydrogens is 402 g/mol. The van der Waals surface area contributed by atoms with Crippen molar-refractivity contribution in [3.8, 4) is 0 Å². The normalized spacial score (nSPS) is 16.1. The number of fused-ring (bicyclic) bond motifs is 1. The van der Waals surface area contributed by atoms with Crippen molar-refractivity contribution in [1.82, 2.24) is 20.1 Å². The Labute approximate surface area is 185 Å². The van der Waals surface area contributed by atoms with Crippen LogP contribution >= 0.6 is 0 Å². The molecule has 7 heteroatoms. The summed E-state index contributed by atoms with van der Waals surface area (Å²) >= 11 is 0. The zero-order valence-electron chi connectivity index (χ0n) is 17.5. The van der Waals surface area contributed by atoms with Crippen molar-refractivity contribution < 1.29 is 9.90 Å². The highest BCUT2D eigenvalue weighted by Gasteiger charge is 2.24. The van der Waals surface area contributed by atoms with Gasteiger partial charge >= 0.3 is 0 Å². The molecule has 0 saturated carbocycles. The third-order valence-electron chi connectivity index (χ3n) is 5.52. The van der Waals surface area contributed by atoms with Gasteiger partial charge in [0, 0.05) is 28.7 Å².